The predicted octanol–water partition coefficient (Wildman–Crippen LogP) is 2.21. The highest BCUT2D eigenvalue weighted by Gasteiger charge is 2.14. The molecule has 0 aliphatic carbocycles. The Labute approximate surface area is 94.5 Å². The summed E-state index contributed by atoms with van der Waals surface area (Å²) in [5.74, 6) is -0.265. The molecular weight excluding hydrogens is 210 g/mol. The van der Waals surface area contributed by atoms with Crippen LogP contribution in [0.3, 0.4) is 0 Å². The highest BCUT2D eigenvalue weighted by Crippen LogP contribution is 2.18. The number of nitrogens with one attached hydrogen (secondary N) is 1. The Balaban J connectivity index is 2.34. The van der Waals surface area contributed by atoms with Crippen molar-refractivity contribution >= 4 is 17.3 Å². The van der Waals surface area contributed by atoms with Crippen LogP contribution >= 0.6 is 11.3 Å². The van der Waals surface area contributed by atoms with Crippen LogP contribution < -0.4 is 5.32 Å². The fourth-order valence-electron chi connectivity index (χ4n) is 1.28. The SMILES string of the molecule is COC(=O)C(C)CN[C@H](C)c1cccs1. The second-order valence-corrected chi connectivity index (χ2v) is 4.55. The minimum Gasteiger partial charge on any atom is -0.469 e. The first kappa shape index (κ1) is 12.2. The van der Waals surface area contributed by atoms with Crippen molar-refractivity contribution in [2.45, 2.75) is 19.9 Å². The summed E-state index contributed by atoms with van der Waals surface area (Å²) in [4.78, 5) is 12.4. The maximum Gasteiger partial charge on any atom is 0.309 e. The largest absolute Gasteiger partial charge is 0.469 e. The topological polar surface area (TPSA) is 38.3 Å². The van der Waals surface area contributed by atoms with Gasteiger partial charge in [0.1, 0.15) is 0 Å². The molecule has 15 heavy (non-hydrogen) atoms. The first-order valence-electron chi connectivity index (χ1n) is 4.99. The molecule has 0 radical (unpaired) electrons. The minimum absolute atomic E-state index is 0.0996. The van der Waals surface area contributed by atoms with Crippen LogP contribution in [0.5, 0.6) is 0 Å². The number of ether oxygens (including phenoxy) is 1. The van der Waals surface area contributed by atoms with Gasteiger partial charge >= 0.3 is 5.97 Å². The Bertz CT molecular complexity index is 298. The van der Waals surface area contributed by atoms with Crippen molar-refractivity contribution in [1.82, 2.24) is 5.32 Å². The summed E-state index contributed by atoms with van der Waals surface area (Å²) in [5.41, 5.74) is 0. The van der Waals surface area contributed by atoms with Crippen molar-refractivity contribution in [1.29, 1.82) is 0 Å². The number of methoxy groups -OCH3 is 1. The predicted molar refractivity (Wildman–Crippen MR) is 61.9 cm³/mol. The maximum atomic E-state index is 11.2. The van der Waals surface area contributed by atoms with Crippen molar-refractivity contribution in [2.75, 3.05) is 13.7 Å². The third-order valence-corrected chi connectivity index (χ3v) is 3.36. The molecule has 3 nitrogen and oxygen atoms in total. The summed E-state index contributed by atoms with van der Waals surface area (Å²) in [7, 11) is 1.42. The minimum atomic E-state index is -0.166. The Morgan fingerprint density at radius 3 is 2.87 bits per heavy atom. The fraction of sp³-hybridized carbons (Fsp3) is 0.545. The van der Waals surface area contributed by atoms with E-state index in [9.17, 15) is 4.79 Å². The first-order chi connectivity index (χ1) is 7.15. The van der Waals surface area contributed by atoms with E-state index >= 15 is 0 Å². The lowest BCUT2D eigenvalue weighted by molar-refractivity contribution is -0.144. The second kappa shape index (κ2) is 5.88. The van der Waals surface area contributed by atoms with Gasteiger partial charge in [0.15, 0.2) is 0 Å². The standard InChI is InChI=1S/C11H17NO2S/c1-8(11(13)14-3)7-12-9(2)10-5-4-6-15-10/h4-6,8-9,12H,7H2,1-3H3/t8?,9-/m1/s1. The Morgan fingerprint density at radius 2 is 2.33 bits per heavy atom. The smallest absolute Gasteiger partial charge is 0.309 e. The number of rotatable bonds is 5. The monoisotopic (exact) mass is 227 g/mol. The molecule has 1 unspecified atom stereocenters. The Kier molecular flexibility index (Phi) is 4.78. The van der Waals surface area contributed by atoms with Crippen LogP contribution in [0.15, 0.2) is 17.5 Å². The number of thiophene rings is 1. The van der Waals surface area contributed by atoms with Crippen LogP contribution in [-0.4, -0.2) is 19.6 Å². The average molecular weight is 227 g/mol. The molecule has 2 atom stereocenters. The highest BCUT2D eigenvalue weighted by atomic mass is 32.1. The molecule has 0 aliphatic heterocycles. The molecule has 0 amide bonds. The van der Waals surface area contributed by atoms with E-state index in [0.717, 1.165) is 0 Å². The average Bonchev–Trinajstić information content (AvgIpc) is 2.77. The number of carbonyl (C=O) groups excluding carboxylic acids is 1. The van der Waals surface area contributed by atoms with Crippen molar-refractivity contribution in [3.05, 3.63) is 22.4 Å². The molecule has 0 saturated heterocycles. The Morgan fingerprint density at radius 1 is 1.60 bits per heavy atom. The van der Waals surface area contributed by atoms with E-state index in [4.69, 9.17) is 0 Å². The van der Waals surface area contributed by atoms with Gasteiger partial charge in [0.2, 0.25) is 0 Å². The van der Waals surface area contributed by atoms with Gasteiger partial charge in [0, 0.05) is 17.5 Å². The van der Waals surface area contributed by atoms with Gasteiger partial charge in [-0.25, -0.2) is 0 Å². The summed E-state index contributed by atoms with van der Waals surface area (Å²) in [5, 5.41) is 5.36. The Hall–Kier alpha value is -0.870. The molecule has 1 aromatic rings. The van der Waals surface area contributed by atoms with Crippen LogP contribution in [0.4, 0.5) is 0 Å². The van der Waals surface area contributed by atoms with E-state index in [-0.39, 0.29) is 17.9 Å². The zero-order valence-electron chi connectivity index (χ0n) is 9.32. The van der Waals surface area contributed by atoms with Crippen molar-refractivity contribution in [3.63, 3.8) is 0 Å². The lowest BCUT2D eigenvalue weighted by Crippen LogP contribution is -2.28. The molecule has 1 heterocycles. The molecule has 0 saturated carbocycles. The second-order valence-electron chi connectivity index (χ2n) is 3.57. The lowest BCUT2D eigenvalue weighted by Gasteiger charge is -2.15. The number of hydrogen-bond acceptors (Lipinski definition) is 4. The molecule has 0 spiro atoms. The third kappa shape index (κ3) is 3.64. The normalized spacial score (nSPS) is 14.6. The van der Waals surface area contributed by atoms with Crippen LogP contribution in [0.2, 0.25) is 0 Å². The van der Waals surface area contributed by atoms with E-state index < -0.39 is 0 Å². The van der Waals surface area contributed by atoms with Gasteiger partial charge in [-0.05, 0) is 18.4 Å². The van der Waals surface area contributed by atoms with E-state index in [1.807, 2.05) is 13.0 Å². The van der Waals surface area contributed by atoms with Crippen molar-refractivity contribution in [2.24, 2.45) is 5.92 Å². The molecule has 0 fully saturated rings. The van der Waals surface area contributed by atoms with E-state index in [0.29, 0.717) is 6.54 Å². The summed E-state index contributed by atoms with van der Waals surface area (Å²) >= 11 is 1.72. The molecule has 4 heteroatoms. The summed E-state index contributed by atoms with van der Waals surface area (Å²) in [6.45, 7) is 4.60. The van der Waals surface area contributed by atoms with Gasteiger partial charge in [-0.3, -0.25) is 4.79 Å². The molecular formula is C11H17NO2S. The lowest BCUT2D eigenvalue weighted by atomic mass is 10.1. The van der Waals surface area contributed by atoms with E-state index in [1.165, 1.54) is 12.0 Å². The zero-order valence-corrected chi connectivity index (χ0v) is 10.1. The number of esters is 1. The van der Waals surface area contributed by atoms with E-state index in [1.54, 1.807) is 11.3 Å². The van der Waals surface area contributed by atoms with Crippen molar-refractivity contribution in [3.8, 4) is 0 Å². The van der Waals surface area contributed by atoms with Gasteiger partial charge in [-0.2, -0.15) is 0 Å². The van der Waals surface area contributed by atoms with Crippen molar-refractivity contribution < 1.29 is 9.53 Å². The molecule has 0 bridgehead atoms. The molecule has 1 N–H and O–H groups in total. The number of carbonyl (C=O) groups is 1. The maximum absolute atomic E-state index is 11.2. The van der Waals surface area contributed by atoms with Gasteiger partial charge in [-0.15, -0.1) is 11.3 Å². The van der Waals surface area contributed by atoms with Gasteiger partial charge < -0.3 is 10.1 Å². The third-order valence-electron chi connectivity index (χ3n) is 2.30. The van der Waals surface area contributed by atoms with E-state index in [2.05, 4.69) is 28.4 Å². The van der Waals surface area contributed by atoms with Crippen LogP contribution in [0, 0.1) is 5.92 Å². The van der Waals surface area contributed by atoms with Crippen LogP contribution in [0.1, 0.15) is 24.8 Å². The summed E-state index contributed by atoms with van der Waals surface area (Å²) in [6, 6.07) is 4.41. The summed E-state index contributed by atoms with van der Waals surface area (Å²) in [6.07, 6.45) is 0. The molecule has 84 valence electrons. The quantitative estimate of drug-likeness (QED) is 0.784. The van der Waals surface area contributed by atoms with Gasteiger partial charge in [0.25, 0.3) is 0 Å². The van der Waals surface area contributed by atoms with Gasteiger partial charge in [-0.1, -0.05) is 13.0 Å². The molecule has 0 aromatic carbocycles. The fourth-order valence-corrected chi connectivity index (χ4v) is 2.04. The summed E-state index contributed by atoms with van der Waals surface area (Å²) < 4.78 is 4.66. The first-order valence-corrected chi connectivity index (χ1v) is 5.87. The van der Waals surface area contributed by atoms with Crippen LogP contribution in [-0.2, 0) is 9.53 Å². The van der Waals surface area contributed by atoms with Crippen LogP contribution in [0.25, 0.3) is 0 Å². The molecule has 0 aliphatic rings. The zero-order chi connectivity index (χ0) is 11.3. The highest BCUT2D eigenvalue weighted by molar-refractivity contribution is 7.10. The molecule has 1 rings (SSSR count). The van der Waals surface area contributed by atoms with Gasteiger partial charge in [0.05, 0.1) is 13.0 Å². The number of hydrogen-bond donors (Lipinski definition) is 1. The molecule has 1 aromatic heterocycles.